The topological polar surface area (TPSA) is 105 Å². The maximum atomic E-state index is 12.1. The largest absolute Gasteiger partial charge is 0.496 e. The van der Waals surface area contributed by atoms with Crippen molar-refractivity contribution in [1.82, 2.24) is 20.3 Å². The first-order chi connectivity index (χ1) is 13.5. The summed E-state index contributed by atoms with van der Waals surface area (Å²) in [7, 11) is -0.217. The maximum Gasteiger partial charge on any atom is 0.242 e. The van der Waals surface area contributed by atoms with Gasteiger partial charge in [0, 0.05) is 39.1 Å². The third-order valence-corrected chi connectivity index (χ3v) is 5.50. The van der Waals surface area contributed by atoms with E-state index >= 15 is 0 Å². The van der Waals surface area contributed by atoms with E-state index in [1.54, 1.807) is 20.2 Å². The van der Waals surface area contributed by atoms with Crippen molar-refractivity contribution in [3.8, 4) is 5.75 Å². The smallest absolute Gasteiger partial charge is 0.242 e. The van der Waals surface area contributed by atoms with E-state index in [-0.39, 0.29) is 11.4 Å². The molecule has 3 N–H and O–H groups in total. The van der Waals surface area contributed by atoms with Gasteiger partial charge in [0.15, 0.2) is 5.96 Å². The summed E-state index contributed by atoms with van der Waals surface area (Å²) < 4.78 is 32.1. The van der Waals surface area contributed by atoms with Crippen LogP contribution in [0.15, 0.2) is 52.6 Å². The zero-order chi connectivity index (χ0) is 20.4. The van der Waals surface area contributed by atoms with Crippen LogP contribution in [-0.4, -0.2) is 53.2 Å². The number of nitrogens with one attached hydrogen (secondary N) is 3. The zero-order valence-corrected chi connectivity index (χ0v) is 17.2. The van der Waals surface area contributed by atoms with Gasteiger partial charge in [0.2, 0.25) is 10.0 Å². The van der Waals surface area contributed by atoms with Crippen molar-refractivity contribution in [3.05, 3.63) is 53.9 Å². The quantitative estimate of drug-likeness (QED) is 0.328. The molecule has 0 atom stereocenters. The van der Waals surface area contributed by atoms with Gasteiger partial charge in [-0.15, -0.1) is 0 Å². The third kappa shape index (κ3) is 6.50. The first-order valence-corrected chi connectivity index (χ1v) is 10.4. The van der Waals surface area contributed by atoms with Gasteiger partial charge in [-0.1, -0.05) is 12.1 Å². The Morgan fingerprint density at radius 2 is 1.96 bits per heavy atom. The predicted octanol–water partition coefficient (Wildman–Crippen LogP) is 1.08. The van der Waals surface area contributed by atoms with Gasteiger partial charge in [-0.3, -0.25) is 9.98 Å². The van der Waals surface area contributed by atoms with Crippen LogP contribution in [0.25, 0.3) is 0 Å². The molecule has 1 aromatic heterocycles. The average Bonchev–Trinajstić information content (AvgIpc) is 2.71. The lowest BCUT2D eigenvalue weighted by atomic mass is 10.1. The maximum absolute atomic E-state index is 12.1. The highest BCUT2D eigenvalue weighted by molar-refractivity contribution is 7.89. The normalized spacial score (nSPS) is 11.9. The number of methoxy groups -OCH3 is 1. The Bertz CT molecular complexity index is 886. The van der Waals surface area contributed by atoms with Crippen molar-refractivity contribution >= 4 is 16.0 Å². The molecule has 0 aliphatic carbocycles. The highest BCUT2D eigenvalue weighted by atomic mass is 32.2. The summed E-state index contributed by atoms with van der Waals surface area (Å²) >= 11 is 0. The van der Waals surface area contributed by atoms with E-state index in [0.717, 1.165) is 23.3 Å². The summed E-state index contributed by atoms with van der Waals surface area (Å²) in [6.45, 7) is 3.33. The van der Waals surface area contributed by atoms with E-state index in [0.29, 0.717) is 19.0 Å². The number of ether oxygens (including phenoxy) is 1. The number of benzene rings is 1. The van der Waals surface area contributed by atoms with Crippen molar-refractivity contribution in [3.63, 3.8) is 0 Å². The highest BCUT2D eigenvalue weighted by Gasteiger charge is 2.12. The molecular weight excluding hydrogens is 378 g/mol. The molecular formula is C19H27N5O3S. The Morgan fingerprint density at radius 3 is 2.64 bits per heavy atom. The Balaban J connectivity index is 1.73. The van der Waals surface area contributed by atoms with Gasteiger partial charge >= 0.3 is 0 Å². The first kappa shape index (κ1) is 21.6. The van der Waals surface area contributed by atoms with Gasteiger partial charge in [0.05, 0.1) is 7.11 Å². The monoisotopic (exact) mass is 405 g/mol. The molecule has 152 valence electrons. The van der Waals surface area contributed by atoms with Gasteiger partial charge in [0.25, 0.3) is 0 Å². The number of hydrogen-bond acceptors (Lipinski definition) is 5. The van der Waals surface area contributed by atoms with Crippen LogP contribution in [0.3, 0.4) is 0 Å². The van der Waals surface area contributed by atoms with Crippen molar-refractivity contribution in [2.24, 2.45) is 4.99 Å². The van der Waals surface area contributed by atoms with Crippen LogP contribution in [0.4, 0.5) is 0 Å². The van der Waals surface area contributed by atoms with Gasteiger partial charge < -0.3 is 15.4 Å². The number of guanidine groups is 1. The second-order valence-electron chi connectivity index (χ2n) is 6.07. The number of pyridine rings is 1. The molecule has 0 amide bonds. The molecule has 0 fully saturated rings. The van der Waals surface area contributed by atoms with Crippen LogP contribution < -0.4 is 20.1 Å². The van der Waals surface area contributed by atoms with Crippen molar-refractivity contribution in [1.29, 1.82) is 0 Å². The van der Waals surface area contributed by atoms with Crippen molar-refractivity contribution < 1.29 is 13.2 Å². The van der Waals surface area contributed by atoms with Crippen molar-refractivity contribution in [2.75, 3.05) is 33.8 Å². The van der Waals surface area contributed by atoms with E-state index in [1.807, 2.05) is 19.1 Å². The second kappa shape index (κ2) is 10.6. The number of nitrogens with zero attached hydrogens (tertiary/aromatic N) is 2. The number of rotatable bonds is 9. The predicted molar refractivity (Wildman–Crippen MR) is 110 cm³/mol. The minimum atomic E-state index is -3.55. The summed E-state index contributed by atoms with van der Waals surface area (Å²) in [5, 5.41) is 6.29. The fourth-order valence-electron chi connectivity index (χ4n) is 2.52. The van der Waals surface area contributed by atoms with Gasteiger partial charge in [-0.05, 0) is 42.7 Å². The first-order valence-electron chi connectivity index (χ1n) is 8.94. The van der Waals surface area contributed by atoms with E-state index in [1.165, 1.54) is 18.5 Å². The minimum Gasteiger partial charge on any atom is -0.496 e. The molecule has 8 nitrogen and oxygen atoms in total. The van der Waals surface area contributed by atoms with Crippen LogP contribution in [0, 0.1) is 6.92 Å². The molecule has 0 saturated heterocycles. The fourth-order valence-corrected chi connectivity index (χ4v) is 3.52. The molecule has 0 aliphatic rings. The minimum absolute atomic E-state index is 0.144. The average molecular weight is 406 g/mol. The molecule has 0 spiro atoms. The molecule has 2 rings (SSSR count). The Hall–Kier alpha value is -2.65. The van der Waals surface area contributed by atoms with Gasteiger partial charge in [0.1, 0.15) is 10.6 Å². The van der Waals surface area contributed by atoms with E-state index < -0.39 is 10.0 Å². The lowest BCUT2D eigenvalue weighted by Gasteiger charge is -2.13. The molecule has 0 aliphatic heterocycles. The number of sulfonamides is 1. The molecule has 1 heterocycles. The molecule has 0 saturated carbocycles. The third-order valence-electron chi connectivity index (χ3n) is 4.06. The standard InChI is InChI=1S/C19H27N5O3S/c1-15-6-7-16(13-18(15)27-3)8-10-22-19(20-2)23-11-12-24-28(25,26)17-5-4-9-21-14-17/h4-7,9,13-14,24H,8,10-12H2,1-3H3,(H2,20,22,23). The van der Waals surface area contributed by atoms with E-state index in [9.17, 15) is 8.42 Å². The summed E-state index contributed by atoms with van der Waals surface area (Å²) in [5.74, 6) is 1.49. The van der Waals surface area contributed by atoms with Gasteiger partial charge in [-0.25, -0.2) is 13.1 Å². The molecule has 1 aromatic carbocycles. The van der Waals surface area contributed by atoms with Crippen LogP contribution >= 0.6 is 0 Å². The molecule has 0 bridgehead atoms. The van der Waals surface area contributed by atoms with E-state index in [4.69, 9.17) is 4.74 Å². The Labute approximate surface area is 166 Å². The summed E-state index contributed by atoms with van der Waals surface area (Å²) in [6, 6.07) is 9.23. The van der Waals surface area contributed by atoms with Crippen molar-refractivity contribution in [2.45, 2.75) is 18.2 Å². The lowest BCUT2D eigenvalue weighted by Crippen LogP contribution is -2.42. The lowest BCUT2D eigenvalue weighted by molar-refractivity contribution is 0.411. The zero-order valence-electron chi connectivity index (χ0n) is 16.4. The van der Waals surface area contributed by atoms with Crippen LogP contribution in [0.1, 0.15) is 11.1 Å². The molecule has 28 heavy (non-hydrogen) atoms. The molecule has 0 unspecified atom stereocenters. The van der Waals surface area contributed by atoms with Crippen LogP contribution in [0.2, 0.25) is 0 Å². The molecule has 2 aromatic rings. The van der Waals surface area contributed by atoms with E-state index in [2.05, 4.69) is 31.4 Å². The summed E-state index contributed by atoms with van der Waals surface area (Å²) in [5.41, 5.74) is 2.26. The SMILES string of the molecule is CN=C(NCCNS(=O)(=O)c1cccnc1)NCCc1ccc(C)c(OC)c1. The summed E-state index contributed by atoms with van der Waals surface area (Å²) in [4.78, 5) is 8.11. The Morgan fingerprint density at radius 1 is 1.18 bits per heavy atom. The van der Waals surface area contributed by atoms with Crippen LogP contribution in [0.5, 0.6) is 5.75 Å². The summed E-state index contributed by atoms with van der Waals surface area (Å²) in [6.07, 6.45) is 3.66. The second-order valence-corrected chi connectivity index (χ2v) is 7.83. The molecule has 9 heteroatoms. The number of aryl methyl sites for hydroxylation is 1. The fraction of sp³-hybridized carbons (Fsp3) is 0.368. The van der Waals surface area contributed by atoms with Crippen LogP contribution in [-0.2, 0) is 16.4 Å². The number of aromatic nitrogens is 1. The number of aliphatic imine (C=N–C) groups is 1. The highest BCUT2D eigenvalue weighted by Crippen LogP contribution is 2.18. The molecule has 0 radical (unpaired) electrons. The van der Waals surface area contributed by atoms with Gasteiger partial charge in [-0.2, -0.15) is 0 Å². The number of hydrogen-bond donors (Lipinski definition) is 3. The Kier molecular flexibility index (Phi) is 8.21.